The van der Waals surface area contributed by atoms with Gasteiger partial charge in [-0.05, 0) is 24.5 Å². The average molecular weight is 394 g/mol. The number of aliphatic hydroxyl groups is 1. The highest BCUT2D eigenvalue weighted by atomic mass is 16.5. The number of piperidine rings is 1. The monoisotopic (exact) mass is 394 g/mol. The van der Waals surface area contributed by atoms with Gasteiger partial charge in [0.25, 0.3) is 5.91 Å². The molecule has 0 radical (unpaired) electrons. The summed E-state index contributed by atoms with van der Waals surface area (Å²) in [6.07, 6.45) is 2.72. The minimum Gasteiger partial charge on any atom is -0.393 e. The maximum absolute atomic E-state index is 13.3. The molecule has 3 heterocycles. The summed E-state index contributed by atoms with van der Waals surface area (Å²) in [4.78, 5) is 20.4. The van der Waals surface area contributed by atoms with Crippen molar-refractivity contribution in [2.45, 2.75) is 31.1 Å². The molecular weight excluding hydrogens is 368 g/mol. The number of carbonyl (C=O) groups excluding carboxylic acids is 1. The highest BCUT2D eigenvalue weighted by Crippen LogP contribution is 2.32. The van der Waals surface area contributed by atoms with Crippen LogP contribution in [0.4, 0.5) is 0 Å². The van der Waals surface area contributed by atoms with Crippen molar-refractivity contribution in [2.75, 3.05) is 32.8 Å². The molecule has 7 heteroatoms. The van der Waals surface area contributed by atoms with E-state index in [0.29, 0.717) is 31.0 Å². The molecule has 2 N–H and O–H groups in total. The van der Waals surface area contributed by atoms with Crippen LogP contribution in [0.1, 0.15) is 40.5 Å². The SMILES string of the molecule is N#Cc1c[nH]c(C(=O)N2CCO[C@@H](CN3CCC(O)CC3)[C@@H]2c2ccccc2)c1. The Morgan fingerprint density at radius 3 is 2.69 bits per heavy atom. The van der Waals surface area contributed by atoms with Crippen molar-refractivity contribution in [3.63, 3.8) is 0 Å². The van der Waals surface area contributed by atoms with Crippen LogP contribution in [0.3, 0.4) is 0 Å². The van der Waals surface area contributed by atoms with Crippen molar-refractivity contribution < 1.29 is 14.6 Å². The Bertz CT molecular complexity index is 868. The van der Waals surface area contributed by atoms with Crippen LogP contribution >= 0.6 is 0 Å². The van der Waals surface area contributed by atoms with E-state index in [1.165, 1.54) is 0 Å². The number of rotatable bonds is 4. The molecule has 1 aromatic heterocycles. The fraction of sp³-hybridized carbons (Fsp3) is 0.455. The third-order valence-corrected chi connectivity index (χ3v) is 5.79. The molecular formula is C22H26N4O3. The average Bonchev–Trinajstić information content (AvgIpc) is 3.25. The van der Waals surface area contributed by atoms with Gasteiger partial charge >= 0.3 is 0 Å². The molecule has 152 valence electrons. The second-order valence-electron chi connectivity index (χ2n) is 7.71. The highest BCUT2D eigenvalue weighted by molar-refractivity contribution is 5.93. The number of aromatic nitrogens is 1. The molecule has 29 heavy (non-hydrogen) atoms. The number of H-pyrrole nitrogens is 1. The van der Waals surface area contributed by atoms with Gasteiger partial charge in [-0.3, -0.25) is 4.79 Å². The van der Waals surface area contributed by atoms with E-state index in [0.717, 1.165) is 31.5 Å². The Hall–Kier alpha value is -2.66. The molecule has 2 aliphatic rings. The summed E-state index contributed by atoms with van der Waals surface area (Å²) in [7, 11) is 0. The first-order chi connectivity index (χ1) is 14.2. The molecule has 2 fully saturated rings. The van der Waals surface area contributed by atoms with Gasteiger partial charge in [0.15, 0.2) is 0 Å². The molecule has 0 unspecified atom stereocenters. The number of aliphatic hydroxyl groups excluding tert-OH is 1. The number of hydrogen-bond donors (Lipinski definition) is 2. The highest BCUT2D eigenvalue weighted by Gasteiger charge is 2.38. The lowest BCUT2D eigenvalue weighted by atomic mass is 9.96. The van der Waals surface area contributed by atoms with Gasteiger partial charge in [0.1, 0.15) is 11.8 Å². The van der Waals surface area contributed by atoms with Crippen LogP contribution in [-0.4, -0.2) is 70.8 Å². The van der Waals surface area contributed by atoms with Gasteiger partial charge < -0.3 is 24.6 Å². The quantitative estimate of drug-likeness (QED) is 0.827. The van der Waals surface area contributed by atoms with E-state index >= 15 is 0 Å². The van der Waals surface area contributed by atoms with Gasteiger partial charge in [0.05, 0.1) is 30.4 Å². The second-order valence-corrected chi connectivity index (χ2v) is 7.71. The number of nitriles is 1. The van der Waals surface area contributed by atoms with E-state index in [1.807, 2.05) is 35.2 Å². The van der Waals surface area contributed by atoms with E-state index in [4.69, 9.17) is 10.00 Å². The second kappa shape index (κ2) is 8.78. The van der Waals surface area contributed by atoms with Gasteiger partial charge in [-0.15, -0.1) is 0 Å². The minimum absolute atomic E-state index is 0.122. The van der Waals surface area contributed by atoms with E-state index in [2.05, 4.69) is 16.0 Å². The summed E-state index contributed by atoms with van der Waals surface area (Å²) in [6.45, 7) is 3.35. The van der Waals surface area contributed by atoms with Crippen molar-refractivity contribution in [2.24, 2.45) is 0 Å². The fourth-order valence-electron chi connectivity index (χ4n) is 4.25. The number of nitrogens with zero attached hydrogens (tertiary/aromatic N) is 3. The molecule has 2 atom stereocenters. The summed E-state index contributed by atoms with van der Waals surface area (Å²) in [6, 6.07) is 13.4. The predicted molar refractivity (Wildman–Crippen MR) is 107 cm³/mol. The lowest BCUT2D eigenvalue weighted by Crippen LogP contribution is -2.52. The molecule has 4 rings (SSSR count). The lowest BCUT2D eigenvalue weighted by Gasteiger charge is -2.43. The first-order valence-electron chi connectivity index (χ1n) is 10.1. The van der Waals surface area contributed by atoms with Crippen molar-refractivity contribution >= 4 is 5.91 Å². The normalized spacial score (nSPS) is 23.7. The molecule has 0 spiro atoms. The van der Waals surface area contributed by atoms with Gasteiger partial charge in [0.2, 0.25) is 0 Å². The lowest BCUT2D eigenvalue weighted by molar-refractivity contribution is -0.0771. The maximum Gasteiger partial charge on any atom is 0.270 e. The number of amides is 1. The third kappa shape index (κ3) is 4.35. The topological polar surface area (TPSA) is 92.6 Å². The number of aromatic amines is 1. The van der Waals surface area contributed by atoms with Crippen LogP contribution in [-0.2, 0) is 4.74 Å². The number of likely N-dealkylation sites (tertiary alicyclic amines) is 1. The first-order valence-corrected chi connectivity index (χ1v) is 10.1. The van der Waals surface area contributed by atoms with Crippen LogP contribution in [0.25, 0.3) is 0 Å². The molecule has 0 bridgehead atoms. The number of morpholine rings is 1. The largest absolute Gasteiger partial charge is 0.393 e. The van der Waals surface area contributed by atoms with Gasteiger partial charge in [0, 0.05) is 32.4 Å². The number of ether oxygens (including phenoxy) is 1. The fourth-order valence-corrected chi connectivity index (χ4v) is 4.25. The van der Waals surface area contributed by atoms with Crippen LogP contribution in [0.5, 0.6) is 0 Å². The summed E-state index contributed by atoms with van der Waals surface area (Å²) < 4.78 is 6.16. The summed E-state index contributed by atoms with van der Waals surface area (Å²) in [5.41, 5.74) is 1.90. The number of nitrogens with one attached hydrogen (secondary N) is 1. The molecule has 2 aromatic rings. The Kier molecular flexibility index (Phi) is 5.95. The third-order valence-electron chi connectivity index (χ3n) is 5.79. The molecule has 2 aliphatic heterocycles. The van der Waals surface area contributed by atoms with Crippen LogP contribution in [0.15, 0.2) is 42.6 Å². The van der Waals surface area contributed by atoms with Crippen molar-refractivity contribution in [1.82, 2.24) is 14.8 Å². The zero-order chi connectivity index (χ0) is 20.2. The zero-order valence-corrected chi connectivity index (χ0v) is 16.3. The maximum atomic E-state index is 13.3. The Labute approximate surface area is 170 Å². The van der Waals surface area contributed by atoms with Crippen molar-refractivity contribution in [1.29, 1.82) is 5.26 Å². The zero-order valence-electron chi connectivity index (χ0n) is 16.3. The van der Waals surface area contributed by atoms with E-state index < -0.39 is 0 Å². The number of benzene rings is 1. The van der Waals surface area contributed by atoms with Gasteiger partial charge in [-0.25, -0.2) is 0 Å². The standard InChI is InChI=1S/C22H26N4O3/c23-13-16-12-19(24-14-16)22(28)26-10-11-29-20(15-25-8-6-18(27)7-9-25)21(26)17-4-2-1-3-5-17/h1-5,12,14,18,20-21,24,27H,6-11,15H2/t20-,21-/m0/s1. The van der Waals surface area contributed by atoms with Crippen molar-refractivity contribution in [3.05, 3.63) is 59.4 Å². The Morgan fingerprint density at radius 2 is 2.00 bits per heavy atom. The number of carbonyl (C=O) groups is 1. The van der Waals surface area contributed by atoms with Gasteiger partial charge in [-0.1, -0.05) is 30.3 Å². The van der Waals surface area contributed by atoms with E-state index in [-0.39, 0.29) is 24.2 Å². The van der Waals surface area contributed by atoms with Gasteiger partial charge in [-0.2, -0.15) is 5.26 Å². The summed E-state index contributed by atoms with van der Waals surface area (Å²) >= 11 is 0. The molecule has 2 saturated heterocycles. The van der Waals surface area contributed by atoms with E-state index in [1.54, 1.807) is 12.3 Å². The van der Waals surface area contributed by atoms with E-state index in [9.17, 15) is 9.90 Å². The van der Waals surface area contributed by atoms with Crippen LogP contribution < -0.4 is 0 Å². The molecule has 0 saturated carbocycles. The molecule has 7 nitrogen and oxygen atoms in total. The van der Waals surface area contributed by atoms with Crippen molar-refractivity contribution in [3.8, 4) is 6.07 Å². The predicted octanol–water partition coefficient (Wildman–Crippen LogP) is 1.93. The molecule has 1 aromatic carbocycles. The number of hydrogen-bond acceptors (Lipinski definition) is 5. The smallest absolute Gasteiger partial charge is 0.270 e. The Balaban J connectivity index is 1.59. The summed E-state index contributed by atoms with van der Waals surface area (Å²) in [5.74, 6) is -0.122. The molecule has 0 aliphatic carbocycles. The summed E-state index contributed by atoms with van der Waals surface area (Å²) in [5, 5.41) is 18.9. The van der Waals surface area contributed by atoms with Crippen LogP contribution in [0.2, 0.25) is 0 Å². The Morgan fingerprint density at radius 1 is 1.24 bits per heavy atom. The van der Waals surface area contributed by atoms with Crippen LogP contribution in [0, 0.1) is 11.3 Å². The molecule has 1 amide bonds. The minimum atomic E-state index is -0.219. The first kappa shape index (κ1) is 19.6.